The molecule has 1 amide bonds. The van der Waals surface area contributed by atoms with E-state index in [1.807, 2.05) is 42.5 Å². The molecule has 0 heterocycles. The number of ether oxygens (including phenoxy) is 1. The van der Waals surface area contributed by atoms with Gasteiger partial charge >= 0.3 is 6.18 Å². The summed E-state index contributed by atoms with van der Waals surface area (Å²) in [5.74, 6) is -0.228. The molecule has 0 aliphatic heterocycles. The summed E-state index contributed by atoms with van der Waals surface area (Å²) < 4.78 is 43.8. The molecule has 0 radical (unpaired) electrons. The first kappa shape index (κ1) is 25.1. The van der Waals surface area contributed by atoms with Crippen molar-refractivity contribution >= 4 is 29.0 Å². The number of hydrogen-bond acceptors (Lipinski definition) is 4. The molecule has 37 heavy (non-hydrogen) atoms. The Morgan fingerprint density at radius 3 is 2.27 bits per heavy atom. The fourth-order valence-electron chi connectivity index (χ4n) is 5.50. The van der Waals surface area contributed by atoms with Crippen LogP contribution in [0.15, 0.2) is 84.3 Å². The van der Waals surface area contributed by atoms with Crippen LogP contribution >= 0.6 is 11.8 Å². The molecule has 3 aliphatic rings. The second-order valence-corrected chi connectivity index (χ2v) is 11.0. The SMILES string of the molecule is C=C(Sc1ccc(C(F)(F)F)cc1)c1cc(-c2ccccc2)ccc1C(=O)NC12CC(COC=O)(C1)C2. The van der Waals surface area contributed by atoms with Gasteiger partial charge in [-0.05, 0) is 66.8 Å². The van der Waals surface area contributed by atoms with Crippen molar-refractivity contribution in [1.29, 1.82) is 0 Å². The molecule has 3 fully saturated rings. The van der Waals surface area contributed by atoms with E-state index >= 15 is 0 Å². The van der Waals surface area contributed by atoms with Gasteiger partial charge in [-0.2, -0.15) is 13.2 Å². The Morgan fingerprint density at radius 1 is 0.973 bits per heavy atom. The van der Waals surface area contributed by atoms with Crippen molar-refractivity contribution in [3.8, 4) is 11.1 Å². The molecular weight excluding hydrogens is 499 g/mol. The summed E-state index contributed by atoms with van der Waals surface area (Å²) in [6.07, 6.45) is -2.12. The quantitative estimate of drug-likeness (QED) is 0.243. The van der Waals surface area contributed by atoms with Crippen LogP contribution in [-0.2, 0) is 15.7 Å². The van der Waals surface area contributed by atoms with Gasteiger partial charge in [0, 0.05) is 31.9 Å². The van der Waals surface area contributed by atoms with E-state index in [2.05, 4.69) is 11.9 Å². The maximum atomic E-state index is 13.4. The predicted molar refractivity (Wildman–Crippen MR) is 137 cm³/mol. The molecule has 6 rings (SSSR count). The second kappa shape index (κ2) is 9.41. The third-order valence-corrected chi connectivity index (χ3v) is 8.05. The molecule has 3 aliphatic carbocycles. The third-order valence-electron chi connectivity index (χ3n) is 7.07. The highest BCUT2D eigenvalue weighted by Gasteiger charge is 2.68. The van der Waals surface area contributed by atoms with Crippen LogP contribution in [0.1, 0.15) is 40.7 Å². The Bertz CT molecular complexity index is 1330. The van der Waals surface area contributed by atoms with E-state index in [9.17, 15) is 22.8 Å². The van der Waals surface area contributed by atoms with Gasteiger partial charge in [0.05, 0.1) is 12.2 Å². The van der Waals surface area contributed by atoms with Gasteiger partial charge in [0.2, 0.25) is 0 Å². The largest absolute Gasteiger partial charge is 0.467 e. The number of hydrogen-bond donors (Lipinski definition) is 1. The van der Waals surface area contributed by atoms with Crippen molar-refractivity contribution in [2.24, 2.45) is 5.41 Å². The molecule has 0 atom stereocenters. The van der Waals surface area contributed by atoms with Crippen LogP contribution in [0.2, 0.25) is 0 Å². The number of alkyl halides is 3. The maximum absolute atomic E-state index is 13.4. The summed E-state index contributed by atoms with van der Waals surface area (Å²) in [5.41, 5.74) is 1.90. The predicted octanol–water partition coefficient (Wildman–Crippen LogP) is 6.96. The van der Waals surface area contributed by atoms with Gasteiger partial charge < -0.3 is 10.1 Å². The van der Waals surface area contributed by atoms with Gasteiger partial charge in [-0.25, -0.2) is 0 Å². The lowest BCUT2D eigenvalue weighted by atomic mass is 9.39. The van der Waals surface area contributed by atoms with E-state index in [-0.39, 0.29) is 16.9 Å². The first-order chi connectivity index (χ1) is 17.6. The van der Waals surface area contributed by atoms with Gasteiger partial charge in [0.15, 0.2) is 0 Å². The Labute approximate surface area is 216 Å². The van der Waals surface area contributed by atoms with Crippen molar-refractivity contribution < 1.29 is 27.5 Å². The molecule has 4 nitrogen and oxygen atoms in total. The summed E-state index contributed by atoms with van der Waals surface area (Å²) in [7, 11) is 0. The topological polar surface area (TPSA) is 55.4 Å². The zero-order chi connectivity index (χ0) is 26.3. The highest BCUT2D eigenvalue weighted by atomic mass is 32.2. The lowest BCUT2D eigenvalue weighted by Gasteiger charge is -2.70. The summed E-state index contributed by atoms with van der Waals surface area (Å²) in [6.45, 7) is 4.98. The van der Waals surface area contributed by atoms with Crippen LogP contribution in [0.5, 0.6) is 0 Å². The molecule has 3 aromatic carbocycles. The minimum Gasteiger partial charge on any atom is -0.467 e. The number of carbonyl (C=O) groups is 2. The summed E-state index contributed by atoms with van der Waals surface area (Å²) in [5, 5.41) is 3.16. The monoisotopic (exact) mass is 523 g/mol. The Morgan fingerprint density at radius 2 is 1.65 bits per heavy atom. The van der Waals surface area contributed by atoms with E-state index in [1.54, 1.807) is 6.07 Å². The van der Waals surface area contributed by atoms with Crippen molar-refractivity contribution in [3.05, 3.63) is 96.1 Å². The zero-order valence-electron chi connectivity index (χ0n) is 19.8. The summed E-state index contributed by atoms with van der Waals surface area (Å²) in [4.78, 5) is 25.1. The van der Waals surface area contributed by atoms with Gasteiger partial charge in [-0.15, -0.1) is 0 Å². The molecule has 1 N–H and O–H groups in total. The average Bonchev–Trinajstić information content (AvgIpc) is 2.84. The van der Waals surface area contributed by atoms with Crippen molar-refractivity contribution in [2.45, 2.75) is 35.9 Å². The van der Waals surface area contributed by atoms with Gasteiger partial charge in [0.25, 0.3) is 12.4 Å². The van der Waals surface area contributed by atoms with Crippen LogP contribution in [0.4, 0.5) is 13.2 Å². The Kier molecular flexibility index (Phi) is 6.40. The van der Waals surface area contributed by atoms with Gasteiger partial charge in [-0.3, -0.25) is 9.59 Å². The van der Waals surface area contributed by atoms with Crippen molar-refractivity contribution in [1.82, 2.24) is 5.32 Å². The summed E-state index contributed by atoms with van der Waals surface area (Å²) >= 11 is 1.22. The molecule has 190 valence electrons. The number of benzene rings is 3. The lowest BCUT2D eigenvalue weighted by molar-refractivity contribution is -0.184. The molecule has 2 bridgehead atoms. The number of rotatable bonds is 9. The second-order valence-electron chi connectivity index (χ2n) is 9.85. The van der Waals surface area contributed by atoms with Crippen molar-refractivity contribution in [3.63, 3.8) is 0 Å². The molecule has 0 spiro atoms. The first-order valence-corrected chi connectivity index (χ1v) is 12.6. The molecule has 0 aromatic heterocycles. The molecule has 3 aromatic rings. The van der Waals surface area contributed by atoms with E-state index in [1.165, 1.54) is 23.9 Å². The number of halogens is 3. The van der Waals surface area contributed by atoms with Crippen LogP contribution in [0.3, 0.4) is 0 Å². The molecule has 3 saturated carbocycles. The molecular formula is C29H24F3NO3S. The number of thioether (sulfide) groups is 1. The minimum atomic E-state index is -4.41. The van der Waals surface area contributed by atoms with E-state index < -0.39 is 11.7 Å². The smallest absolute Gasteiger partial charge is 0.416 e. The Balaban J connectivity index is 1.39. The normalized spacial score (nSPS) is 21.8. The average molecular weight is 524 g/mol. The highest BCUT2D eigenvalue weighted by molar-refractivity contribution is 8.08. The lowest BCUT2D eigenvalue weighted by Crippen LogP contribution is -2.75. The fourth-order valence-corrected chi connectivity index (χ4v) is 6.33. The Hall–Kier alpha value is -3.52. The highest BCUT2D eigenvalue weighted by Crippen LogP contribution is 2.67. The minimum absolute atomic E-state index is 0.0315. The van der Waals surface area contributed by atoms with Gasteiger partial charge in [-0.1, -0.05) is 54.7 Å². The van der Waals surface area contributed by atoms with Crippen molar-refractivity contribution in [2.75, 3.05) is 6.61 Å². The van der Waals surface area contributed by atoms with E-state index in [0.717, 1.165) is 42.5 Å². The fraction of sp³-hybridized carbons (Fsp3) is 0.241. The number of amides is 1. The molecule has 0 saturated heterocycles. The zero-order valence-corrected chi connectivity index (χ0v) is 20.6. The third kappa shape index (κ3) is 5.03. The maximum Gasteiger partial charge on any atom is 0.416 e. The molecule has 8 heteroatoms. The van der Waals surface area contributed by atoms with Crippen LogP contribution < -0.4 is 5.32 Å². The van der Waals surface area contributed by atoms with E-state index in [0.29, 0.717) is 34.0 Å². The first-order valence-electron chi connectivity index (χ1n) is 11.7. The molecule has 0 unspecified atom stereocenters. The van der Waals surface area contributed by atoms with Gasteiger partial charge in [0.1, 0.15) is 0 Å². The standard InChI is InChI=1S/C29H24F3NO3S/c1-19(37-23-10-8-22(9-11-23)29(30,31)32)25-13-21(20-5-3-2-4-6-20)7-12-24(25)26(35)33-28-14-27(15-28,16-28)17-36-18-34/h2-13,18H,1,14-17H2,(H,33,35). The van der Waals surface area contributed by atoms with Crippen LogP contribution in [0, 0.1) is 5.41 Å². The summed E-state index contributed by atoms with van der Waals surface area (Å²) in [6, 6.07) is 20.1. The number of nitrogens with one attached hydrogen (secondary N) is 1. The van der Waals surface area contributed by atoms with E-state index in [4.69, 9.17) is 4.74 Å². The number of carbonyl (C=O) groups excluding carboxylic acids is 2. The van der Waals surface area contributed by atoms with Crippen LogP contribution in [0.25, 0.3) is 16.0 Å². The van der Waals surface area contributed by atoms with Crippen LogP contribution in [-0.4, -0.2) is 24.5 Å².